The van der Waals surface area contributed by atoms with E-state index in [2.05, 4.69) is 6.08 Å². The highest BCUT2D eigenvalue weighted by molar-refractivity contribution is 5.86. The first kappa shape index (κ1) is 12.1. The predicted octanol–water partition coefficient (Wildman–Crippen LogP) is 3.04. The van der Waals surface area contributed by atoms with Gasteiger partial charge in [-0.05, 0) is 31.7 Å². The summed E-state index contributed by atoms with van der Waals surface area (Å²) in [7, 11) is 0. The average Bonchev–Trinajstić information content (AvgIpc) is 2.38. The first-order chi connectivity index (χ1) is 8.18. The number of rotatable bonds is 3. The van der Waals surface area contributed by atoms with Crippen molar-refractivity contribution < 1.29 is 9.90 Å². The fraction of sp³-hybridized carbons (Fsp3) is 0.400. The average molecular weight is 230 g/mol. The molecule has 0 bridgehead atoms. The van der Waals surface area contributed by atoms with Crippen LogP contribution in [-0.4, -0.2) is 10.9 Å². The Balaban J connectivity index is 2.08. The van der Waals surface area contributed by atoms with E-state index in [9.17, 15) is 9.90 Å². The quantitative estimate of drug-likeness (QED) is 0.810. The molecule has 2 atom stereocenters. The number of hydrogen-bond acceptors (Lipinski definition) is 2. The maximum atomic E-state index is 12.2. The van der Waals surface area contributed by atoms with Crippen molar-refractivity contribution in [1.82, 2.24) is 0 Å². The first-order valence-electron chi connectivity index (χ1n) is 6.11. The van der Waals surface area contributed by atoms with Gasteiger partial charge in [0.05, 0.1) is 0 Å². The van der Waals surface area contributed by atoms with Gasteiger partial charge in [-0.2, -0.15) is 0 Å². The summed E-state index contributed by atoms with van der Waals surface area (Å²) in [6.45, 7) is 2.05. The molecular weight excluding hydrogens is 212 g/mol. The van der Waals surface area contributed by atoms with Gasteiger partial charge < -0.3 is 5.11 Å². The van der Waals surface area contributed by atoms with Crippen molar-refractivity contribution in [2.45, 2.75) is 32.3 Å². The smallest absolute Gasteiger partial charge is 0.169 e. The Kier molecular flexibility index (Phi) is 3.75. The van der Waals surface area contributed by atoms with E-state index in [1.807, 2.05) is 25.1 Å². The standard InChI is InChI=1S/C15H18O2/c1-11-6-5-9-13(10-11)15(17)14(16)12-7-3-2-4-8-12/h2-4,6-8,13-14,16H,5,9-10H2,1H3/t13-,14-/m0/s1. The second kappa shape index (κ2) is 5.28. The zero-order valence-electron chi connectivity index (χ0n) is 10.1. The molecule has 0 saturated heterocycles. The number of ketones is 1. The van der Waals surface area contributed by atoms with Crippen molar-refractivity contribution in [2.75, 3.05) is 0 Å². The number of hydrogen-bond donors (Lipinski definition) is 1. The fourth-order valence-electron chi connectivity index (χ4n) is 2.37. The number of carbonyl (C=O) groups excluding carboxylic acids is 1. The normalized spacial score (nSPS) is 21.8. The van der Waals surface area contributed by atoms with Crippen molar-refractivity contribution >= 4 is 5.78 Å². The molecule has 0 spiro atoms. The van der Waals surface area contributed by atoms with Gasteiger partial charge in [-0.1, -0.05) is 42.0 Å². The topological polar surface area (TPSA) is 37.3 Å². The molecule has 1 aromatic carbocycles. The molecule has 1 aliphatic rings. The van der Waals surface area contributed by atoms with Crippen molar-refractivity contribution in [2.24, 2.45) is 5.92 Å². The van der Waals surface area contributed by atoms with E-state index in [1.54, 1.807) is 12.1 Å². The molecule has 0 amide bonds. The zero-order chi connectivity index (χ0) is 12.3. The van der Waals surface area contributed by atoms with Gasteiger partial charge in [0.15, 0.2) is 5.78 Å². The third kappa shape index (κ3) is 2.83. The summed E-state index contributed by atoms with van der Waals surface area (Å²) in [4.78, 5) is 12.2. The lowest BCUT2D eigenvalue weighted by Crippen LogP contribution is -2.23. The highest BCUT2D eigenvalue weighted by atomic mass is 16.3. The molecule has 0 fully saturated rings. The summed E-state index contributed by atoms with van der Waals surface area (Å²) in [5.41, 5.74) is 1.96. The van der Waals surface area contributed by atoms with Gasteiger partial charge in [-0.15, -0.1) is 0 Å². The van der Waals surface area contributed by atoms with E-state index in [0.717, 1.165) is 19.3 Å². The molecular formula is C15H18O2. The van der Waals surface area contributed by atoms with Crippen LogP contribution in [0.4, 0.5) is 0 Å². The van der Waals surface area contributed by atoms with Crippen LogP contribution >= 0.6 is 0 Å². The summed E-state index contributed by atoms with van der Waals surface area (Å²) in [5.74, 6) is -0.0566. The van der Waals surface area contributed by atoms with Crippen LogP contribution in [0, 0.1) is 5.92 Å². The van der Waals surface area contributed by atoms with E-state index in [0.29, 0.717) is 5.56 Å². The minimum absolute atomic E-state index is 0.0183. The summed E-state index contributed by atoms with van der Waals surface area (Å²) >= 11 is 0. The van der Waals surface area contributed by atoms with Crippen LogP contribution in [-0.2, 0) is 4.79 Å². The lowest BCUT2D eigenvalue weighted by molar-refractivity contribution is -0.131. The molecule has 2 heteroatoms. The Hall–Kier alpha value is -1.41. The van der Waals surface area contributed by atoms with E-state index in [4.69, 9.17) is 0 Å². The molecule has 2 nitrogen and oxygen atoms in total. The van der Waals surface area contributed by atoms with Crippen LogP contribution in [0.1, 0.15) is 37.9 Å². The molecule has 2 rings (SSSR count). The zero-order valence-corrected chi connectivity index (χ0v) is 10.1. The Morgan fingerprint density at radius 3 is 2.71 bits per heavy atom. The van der Waals surface area contributed by atoms with Crippen molar-refractivity contribution in [3.8, 4) is 0 Å². The second-order valence-corrected chi connectivity index (χ2v) is 4.74. The van der Waals surface area contributed by atoms with Gasteiger partial charge in [-0.3, -0.25) is 4.79 Å². The van der Waals surface area contributed by atoms with E-state index < -0.39 is 6.10 Å². The summed E-state index contributed by atoms with van der Waals surface area (Å²) in [6.07, 6.45) is 3.82. The highest BCUT2D eigenvalue weighted by Crippen LogP contribution is 2.29. The maximum Gasteiger partial charge on any atom is 0.169 e. The number of benzene rings is 1. The van der Waals surface area contributed by atoms with Gasteiger partial charge in [-0.25, -0.2) is 0 Å². The van der Waals surface area contributed by atoms with Crippen molar-refractivity contribution in [3.05, 3.63) is 47.5 Å². The lowest BCUT2D eigenvalue weighted by Gasteiger charge is -2.22. The number of allylic oxidation sites excluding steroid dienone is 2. The Morgan fingerprint density at radius 2 is 2.06 bits per heavy atom. The molecule has 0 unspecified atom stereocenters. The molecule has 1 aliphatic carbocycles. The number of aliphatic hydroxyl groups excluding tert-OH is 1. The SMILES string of the molecule is CC1=CCC[C@H](C(=O)[C@@H](O)c2ccccc2)C1. The molecule has 0 heterocycles. The van der Waals surface area contributed by atoms with E-state index >= 15 is 0 Å². The minimum atomic E-state index is -0.966. The van der Waals surface area contributed by atoms with Crippen LogP contribution < -0.4 is 0 Å². The molecule has 1 aromatic rings. The molecule has 90 valence electrons. The van der Waals surface area contributed by atoms with Gasteiger partial charge >= 0.3 is 0 Å². The highest BCUT2D eigenvalue weighted by Gasteiger charge is 2.27. The van der Waals surface area contributed by atoms with Crippen LogP contribution in [0.15, 0.2) is 42.0 Å². The summed E-state index contributed by atoms with van der Waals surface area (Å²) in [5, 5.41) is 10.1. The lowest BCUT2D eigenvalue weighted by atomic mass is 9.83. The van der Waals surface area contributed by atoms with Crippen LogP contribution in [0.5, 0.6) is 0 Å². The van der Waals surface area contributed by atoms with Crippen molar-refractivity contribution in [3.63, 3.8) is 0 Å². The number of carbonyl (C=O) groups is 1. The molecule has 0 saturated carbocycles. The predicted molar refractivity (Wildman–Crippen MR) is 67.5 cm³/mol. The Morgan fingerprint density at radius 1 is 1.35 bits per heavy atom. The van der Waals surface area contributed by atoms with E-state index in [1.165, 1.54) is 5.57 Å². The van der Waals surface area contributed by atoms with Crippen LogP contribution in [0.3, 0.4) is 0 Å². The molecule has 0 radical (unpaired) electrons. The Bertz CT molecular complexity index is 420. The molecule has 17 heavy (non-hydrogen) atoms. The van der Waals surface area contributed by atoms with E-state index in [-0.39, 0.29) is 11.7 Å². The Labute approximate surface area is 102 Å². The van der Waals surface area contributed by atoms with Gasteiger partial charge in [0.2, 0.25) is 0 Å². The fourth-order valence-corrected chi connectivity index (χ4v) is 2.37. The minimum Gasteiger partial charge on any atom is -0.381 e. The van der Waals surface area contributed by atoms with Gasteiger partial charge in [0, 0.05) is 5.92 Å². The molecule has 0 aromatic heterocycles. The monoisotopic (exact) mass is 230 g/mol. The molecule has 0 aliphatic heterocycles. The third-order valence-corrected chi connectivity index (χ3v) is 3.36. The molecule has 1 N–H and O–H groups in total. The van der Waals surface area contributed by atoms with Gasteiger partial charge in [0.25, 0.3) is 0 Å². The first-order valence-corrected chi connectivity index (χ1v) is 6.11. The second-order valence-electron chi connectivity index (χ2n) is 4.74. The van der Waals surface area contributed by atoms with Crippen LogP contribution in [0.25, 0.3) is 0 Å². The van der Waals surface area contributed by atoms with Crippen molar-refractivity contribution in [1.29, 1.82) is 0 Å². The largest absolute Gasteiger partial charge is 0.381 e. The summed E-state index contributed by atoms with van der Waals surface area (Å²) < 4.78 is 0. The van der Waals surface area contributed by atoms with Gasteiger partial charge in [0.1, 0.15) is 6.10 Å². The number of Topliss-reactive ketones (excluding diaryl/α,β-unsaturated/α-hetero) is 1. The third-order valence-electron chi connectivity index (χ3n) is 3.36. The van der Waals surface area contributed by atoms with Crippen LogP contribution in [0.2, 0.25) is 0 Å². The summed E-state index contributed by atoms with van der Waals surface area (Å²) in [6, 6.07) is 9.17. The maximum absolute atomic E-state index is 12.2. The number of aliphatic hydroxyl groups is 1.